The lowest BCUT2D eigenvalue weighted by atomic mass is 10.2. The van der Waals surface area contributed by atoms with Crippen LogP contribution in [0.5, 0.6) is 0 Å². The third-order valence-electron chi connectivity index (χ3n) is 1.02. The fourth-order valence-corrected chi connectivity index (χ4v) is 0.374. The molecule has 0 bridgehead atoms. The Morgan fingerprint density at radius 2 is 2.08 bits per heavy atom. The number of rotatable bonds is 4. The van der Waals surface area contributed by atoms with Gasteiger partial charge in [-0.3, -0.25) is 9.36 Å². The Labute approximate surface area is 77.2 Å². The van der Waals surface area contributed by atoms with E-state index >= 15 is 0 Å². The summed E-state index contributed by atoms with van der Waals surface area (Å²) in [6.07, 6.45) is 2.01. The third-order valence-corrected chi connectivity index (χ3v) is 1.37. The van der Waals surface area contributed by atoms with Crippen molar-refractivity contribution in [2.45, 2.75) is 26.2 Å². The molecule has 0 aromatic heterocycles. The van der Waals surface area contributed by atoms with Gasteiger partial charge in [0.2, 0.25) is 0 Å². The van der Waals surface area contributed by atoms with Gasteiger partial charge < -0.3 is 9.42 Å². The molecule has 0 spiro atoms. The zero-order valence-electron chi connectivity index (χ0n) is 7.65. The van der Waals surface area contributed by atoms with Gasteiger partial charge in [0.1, 0.15) is 0 Å². The molecule has 7 heteroatoms. The molecule has 13 heavy (non-hydrogen) atoms. The van der Waals surface area contributed by atoms with E-state index in [1.807, 2.05) is 6.92 Å². The van der Waals surface area contributed by atoms with Gasteiger partial charge in [0.25, 0.3) is 5.91 Å². The number of hydrogen-bond donors (Lipinski definition) is 1. The summed E-state index contributed by atoms with van der Waals surface area (Å²) in [5.41, 5.74) is 0. The van der Waals surface area contributed by atoms with Gasteiger partial charge in [0, 0.05) is 18.7 Å². The van der Waals surface area contributed by atoms with Crippen molar-refractivity contribution < 1.29 is 18.8 Å². The monoisotopic (exact) mass is 211 g/mol. The minimum absolute atomic E-state index is 0.306. The van der Waals surface area contributed by atoms with Gasteiger partial charge in [0.05, 0.1) is 0 Å². The van der Waals surface area contributed by atoms with Crippen molar-refractivity contribution >= 4 is 14.2 Å². The summed E-state index contributed by atoms with van der Waals surface area (Å²) < 4.78 is 13.2. The maximum absolute atomic E-state index is 10.1. The minimum Gasteiger partial charge on any atom is -0.326 e. The Morgan fingerprint density at radius 1 is 1.62 bits per heavy atom. The van der Waals surface area contributed by atoms with Crippen molar-refractivity contribution in [3.63, 3.8) is 0 Å². The summed E-state index contributed by atoms with van der Waals surface area (Å²) in [6, 6.07) is 0. The number of amides is 1. The van der Waals surface area contributed by atoms with Crippen LogP contribution < -0.4 is 0 Å². The SMILES string of the molecule is CCCCC(=O)N=O.CO[PH](=O)O. The molecule has 6 nitrogen and oxygen atoms in total. The van der Waals surface area contributed by atoms with E-state index in [1.165, 1.54) is 7.11 Å². The molecule has 1 unspecified atom stereocenters. The average molecular weight is 211 g/mol. The number of carbonyl (C=O) groups excluding carboxylic acids is 1. The molecule has 0 aliphatic rings. The lowest BCUT2D eigenvalue weighted by Crippen LogP contribution is -1.88. The minimum atomic E-state index is -2.62. The first-order valence-corrected chi connectivity index (χ1v) is 4.97. The quantitative estimate of drug-likeness (QED) is 0.561. The maximum atomic E-state index is 10.1. The zero-order valence-corrected chi connectivity index (χ0v) is 8.65. The summed E-state index contributed by atoms with van der Waals surface area (Å²) in [6.45, 7) is 1.96. The summed E-state index contributed by atoms with van der Waals surface area (Å²) in [4.78, 5) is 27.2. The summed E-state index contributed by atoms with van der Waals surface area (Å²) in [5.74, 6) is -0.535. The summed E-state index contributed by atoms with van der Waals surface area (Å²) in [5, 5.41) is 2.24. The highest BCUT2D eigenvalue weighted by molar-refractivity contribution is 7.32. The van der Waals surface area contributed by atoms with Crippen LogP contribution in [0.25, 0.3) is 0 Å². The van der Waals surface area contributed by atoms with Gasteiger partial charge >= 0.3 is 8.25 Å². The lowest BCUT2D eigenvalue weighted by Gasteiger charge is -1.84. The Balaban J connectivity index is 0. The van der Waals surface area contributed by atoms with Crippen molar-refractivity contribution in [1.82, 2.24) is 0 Å². The largest absolute Gasteiger partial charge is 0.326 e. The Bertz CT molecular complexity index is 172. The molecule has 1 atom stereocenters. The molecule has 0 aliphatic carbocycles. The van der Waals surface area contributed by atoms with Gasteiger partial charge in [-0.15, -0.1) is 4.91 Å². The summed E-state index contributed by atoms with van der Waals surface area (Å²) in [7, 11) is -1.44. The number of unbranched alkanes of at least 4 members (excludes halogenated alkanes) is 1. The van der Waals surface area contributed by atoms with Crippen LogP contribution in [0.4, 0.5) is 0 Å². The first-order chi connectivity index (χ1) is 6.08. The van der Waals surface area contributed by atoms with Crippen LogP contribution in [0.3, 0.4) is 0 Å². The fourth-order valence-electron chi connectivity index (χ4n) is 0.374. The van der Waals surface area contributed by atoms with E-state index in [9.17, 15) is 14.3 Å². The molecule has 1 amide bonds. The van der Waals surface area contributed by atoms with Gasteiger partial charge in [-0.25, -0.2) is 0 Å². The van der Waals surface area contributed by atoms with Crippen LogP contribution in [-0.2, 0) is 13.9 Å². The van der Waals surface area contributed by atoms with E-state index < -0.39 is 14.2 Å². The second-order valence-corrected chi connectivity index (χ2v) is 3.00. The highest BCUT2D eigenvalue weighted by Gasteiger charge is 1.96. The second-order valence-electron chi connectivity index (χ2n) is 2.06. The van der Waals surface area contributed by atoms with Crippen molar-refractivity contribution in [2.75, 3.05) is 7.11 Å². The molecule has 0 heterocycles. The van der Waals surface area contributed by atoms with E-state index in [4.69, 9.17) is 4.89 Å². The molecule has 0 saturated carbocycles. The van der Waals surface area contributed by atoms with Gasteiger partial charge in [-0.1, -0.05) is 13.3 Å². The zero-order chi connectivity index (χ0) is 10.7. The Morgan fingerprint density at radius 3 is 2.31 bits per heavy atom. The van der Waals surface area contributed by atoms with Crippen LogP contribution in [0, 0.1) is 4.91 Å². The number of nitrogens with zero attached hydrogens (tertiary/aromatic N) is 1. The molecule has 0 radical (unpaired) electrons. The predicted molar refractivity (Wildman–Crippen MR) is 48.6 cm³/mol. The van der Waals surface area contributed by atoms with Crippen molar-refractivity contribution in [1.29, 1.82) is 0 Å². The molecule has 1 N–H and O–H groups in total. The average Bonchev–Trinajstić information content (AvgIpc) is 2.15. The fraction of sp³-hybridized carbons (Fsp3) is 0.833. The highest BCUT2D eigenvalue weighted by atomic mass is 31.1. The molecular weight excluding hydrogens is 197 g/mol. The molecule has 78 valence electrons. The maximum Gasteiger partial charge on any atom is 0.316 e. The Kier molecular flexibility index (Phi) is 13.1. The molecule has 0 fully saturated rings. The van der Waals surface area contributed by atoms with E-state index in [0.29, 0.717) is 6.42 Å². The van der Waals surface area contributed by atoms with Crippen molar-refractivity contribution in [2.24, 2.45) is 5.18 Å². The van der Waals surface area contributed by atoms with E-state index in [0.717, 1.165) is 12.8 Å². The predicted octanol–water partition coefficient (Wildman–Crippen LogP) is 1.48. The molecule has 0 aromatic rings. The number of nitroso groups, excluding NO2 is 1. The normalized spacial score (nSPS) is 11.0. The first-order valence-electron chi connectivity index (χ1n) is 3.71. The van der Waals surface area contributed by atoms with Gasteiger partial charge in [0.15, 0.2) is 0 Å². The molecule has 0 saturated heterocycles. The van der Waals surface area contributed by atoms with Crippen LogP contribution in [0.15, 0.2) is 5.18 Å². The van der Waals surface area contributed by atoms with Crippen molar-refractivity contribution in [3.05, 3.63) is 4.91 Å². The first kappa shape index (κ1) is 14.9. The topological polar surface area (TPSA) is 93.0 Å². The molecule has 0 rings (SSSR count). The van der Waals surface area contributed by atoms with Crippen LogP contribution in [0.2, 0.25) is 0 Å². The van der Waals surface area contributed by atoms with Crippen LogP contribution in [-0.4, -0.2) is 17.9 Å². The van der Waals surface area contributed by atoms with Crippen LogP contribution in [0.1, 0.15) is 26.2 Å². The number of carbonyl (C=O) groups is 1. The van der Waals surface area contributed by atoms with Gasteiger partial charge in [-0.2, -0.15) is 0 Å². The van der Waals surface area contributed by atoms with E-state index in [-0.39, 0.29) is 0 Å². The third kappa shape index (κ3) is 18.4. The Hall–Kier alpha value is -0.580. The second kappa shape index (κ2) is 11.4. The standard InChI is InChI=1S/C5H9NO2.CH5O3P/c1-2-3-4-5(7)6-8;1-4-5(2)3/h2-4H2,1H3;5H,1H3,(H,2,3). The van der Waals surface area contributed by atoms with Gasteiger partial charge in [-0.05, 0) is 6.42 Å². The summed E-state index contributed by atoms with van der Waals surface area (Å²) >= 11 is 0. The van der Waals surface area contributed by atoms with Crippen molar-refractivity contribution in [3.8, 4) is 0 Å². The molecule has 0 aliphatic heterocycles. The van der Waals surface area contributed by atoms with E-state index in [1.54, 1.807) is 0 Å². The molecular formula is C6H14NO5P. The highest BCUT2D eigenvalue weighted by Crippen LogP contribution is 2.09. The smallest absolute Gasteiger partial charge is 0.316 e. The lowest BCUT2D eigenvalue weighted by molar-refractivity contribution is -0.118. The van der Waals surface area contributed by atoms with Crippen LogP contribution >= 0.6 is 8.25 Å². The number of hydrogen-bond acceptors (Lipinski definition) is 4. The van der Waals surface area contributed by atoms with E-state index in [2.05, 4.69) is 9.70 Å². The molecule has 0 aromatic carbocycles.